The molecule has 2 aromatic rings. The van der Waals surface area contributed by atoms with Crippen molar-refractivity contribution in [3.05, 3.63) is 60.7 Å². The molecule has 21 heavy (non-hydrogen) atoms. The molecule has 1 aliphatic rings. The lowest BCUT2D eigenvalue weighted by atomic mass is 10.3. The van der Waals surface area contributed by atoms with Crippen molar-refractivity contribution in [2.75, 3.05) is 6.61 Å². The molecule has 0 spiro atoms. The Morgan fingerprint density at radius 1 is 1.05 bits per heavy atom. The number of nitrogens with one attached hydrogen (secondary N) is 1. The minimum atomic E-state index is -1.89. The Balaban J connectivity index is 1.97. The summed E-state index contributed by atoms with van der Waals surface area (Å²) in [6, 6.07) is 22.3. The largest absolute Gasteiger partial charge is 0.447 e. The molecule has 0 aliphatic carbocycles. The highest BCUT2D eigenvalue weighted by molar-refractivity contribution is 7.01. The molecule has 0 saturated carbocycles. The van der Waals surface area contributed by atoms with Crippen LogP contribution in [0.3, 0.4) is 0 Å². The lowest BCUT2D eigenvalue weighted by molar-refractivity contribution is 0.177. The van der Waals surface area contributed by atoms with Crippen molar-refractivity contribution in [3.8, 4) is 0 Å². The van der Waals surface area contributed by atoms with Gasteiger partial charge in [0, 0.05) is 0 Å². The average molecular weight is 297 g/mol. The summed E-state index contributed by atoms with van der Waals surface area (Å²) in [7, 11) is -1.89. The Kier molecular flexibility index (Phi) is 3.79. The van der Waals surface area contributed by atoms with Gasteiger partial charge in [-0.1, -0.05) is 77.6 Å². The van der Waals surface area contributed by atoms with Gasteiger partial charge in [-0.2, -0.15) is 0 Å². The zero-order chi connectivity index (χ0) is 14.7. The summed E-state index contributed by atoms with van der Waals surface area (Å²) in [5.41, 5.74) is 0. The molecule has 1 atom stereocenters. The van der Waals surface area contributed by atoms with Crippen molar-refractivity contribution in [3.63, 3.8) is 0 Å². The summed E-state index contributed by atoms with van der Waals surface area (Å²) < 4.78 is 5.06. The van der Waals surface area contributed by atoms with Gasteiger partial charge in [-0.05, 0) is 6.04 Å². The Labute approximate surface area is 126 Å². The van der Waals surface area contributed by atoms with E-state index >= 15 is 0 Å². The Bertz CT molecular complexity index is 576. The van der Waals surface area contributed by atoms with E-state index in [9.17, 15) is 4.79 Å². The summed E-state index contributed by atoms with van der Waals surface area (Å²) in [5, 5.41) is 5.70. The molecule has 2 aromatic carbocycles. The smallest absolute Gasteiger partial charge is 0.407 e. The molecule has 0 bridgehead atoms. The van der Waals surface area contributed by atoms with Gasteiger partial charge in [0.05, 0.1) is 6.04 Å². The van der Waals surface area contributed by atoms with Crippen LogP contribution >= 0.6 is 0 Å². The number of ether oxygens (including phenoxy) is 1. The number of carbonyl (C=O) groups excluding carboxylic acids is 1. The summed E-state index contributed by atoms with van der Waals surface area (Å²) in [6.07, 6.45) is -0.294. The molecule has 1 N–H and O–H groups in total. The van der Waals surface area contributed by atoms with E-state index in [1.165, 1.54) is 10.4 Å². The first-order valence-electron chi connectivity index (χ1n) is 7.23. The SMILES string of the molecule is C[Si](C[C@@H]1COC(=O)N1)(c1ccccc1)c1ccccc1. The third-order valence-electron chi connectivity index (χ3n) is 4.21. The highest BCUT2D eigenvalue weighted by Crippen LogP contribution is 2.16. The molecule has 0 aromatic heterocycles. The molecule has 1 heterocycles. The van der Waals surface area contributed by atoms with Crippen molar-refractivity contribution in [1.29, 1.82) is 0 Å². The zero-order valence-corrected chi connectivity index (χ0v) is 13.1. The van der Waals surface area contributed by atoms with E-state index in [0.29, 0.717) is 6.61 Å². The van der Waals surface area contributed by atoms with Gasteiger partial charge >= 0.3 is 6.09 Å². The van der Waals surface area contributed by atoms with E-state index in [1.54, 1.807) is 0 Å². The summed E-state index contributed by atoms with van der Waals surface area (Å²) in [4.78, 5) is 11.3. The number of rotatable bonds is 4. The summed E-state index contributed by atoms with van der Waals surface area (Å²) >= 11 is 0. The van der Waals surface area contributed by atoms with Gasteiger partial charge in [0.1, 0.15) is 14.7 Å². The molecule has 0 unspecified atom stereocenters. The first kappa shape index (κ1) is 13.9. The fourth-order valence-corrected chi connectivity index (χ4v) is 6.91. The van der Waals surface area contributed by atoms with Gasteiger partial charge in [-0.3, -0.25) is 0 Å². The fourth-order valence-electron chi connectivity index (χ4n) is 3.04. The van der Waals surface area contributed by atoms with Gasteiger partial charge in [-0.15, -0.1) is 0 Å². The standard InChI is InChI=1S/C17H19NO2Si/c1-21(15-8-4-2-5-9-15,16-10-6-3-7-11-16)13-14-12-20-17(19)18-14/h2-11,14H,12-13H2,1H3,(H,18,19)/t14-/m0/s1. The minimum absolute atomic E-state index is 0.106. The van der Waals surface area contributed by atoms with Crippen LogP contribution in [0.1, 0.15) is 0 Å². The molecular weight excluding hydrogens is 278 g/mol. The molecule has 4 heteroatoms. The van der Waals surface area contributed by atoms with Crippen LogP contribution in [0.15, 0.2) is 60.7 Å². The molecular formula is C17H19NO2Si. The maximum atomic E-state index is 11.3. The van der Waals surface area contributed by atoms with E-state index in [4.69, 9.17) is 4.74 Å². The fraction of sp³-hybridized carbons (Fsp3) is 0.235. The Hall–Kier alpha value is -2.07. The van der Waals surface area contributed by atoms with Gasteiger partial charge in [-0.25, -0.2) is 4.79 Å². The molecule has 1 fully saturated rings. The molecule has 1 amide bonds. The number of benzene rings is 2. The maximum absolute atomic E-state index is 11.3. The van der Waals surface area contributed by atoms with Gasteiger partial charge in [0.2, 0.25) is 0 Å². The first-order valence-corrected chi connectivity index (χ1v) is 9.93. The number of hydrogen-bond acceptors (Lipinski definition) is 2. The molecule has 3 rings (SSSR count). The molecule has 3 nitrogen and oxygen atoms in total. The molecule has 1 saturated heterocycles. The van der Waals surface area contributed by atoms with Crippen LogP contribution in [-0.2, 0) is 4.74 Å². The van der Waals surface area contributed by atoms with E-state index < -0.39 is 8.07 Å². The van der Waals surface area contributed by atoms with Crippen molar-refractivity contribution >= 4 is 24.5 Å². The third kappa shape index (κ3) is 2.85. The third-order valence-corrected chi connectivity index (χ3v) is 8.74. The van der Waals surface area contributed by atoms with E-state index in [2.05, 4.69) is 60.4 Å². The second-order valence-electron chi connectivity index (χ2n) is 5.71. The summed E-state index contributed by atoms with van der Waals surface area (Å²) in [6.45, 7) is 2.84. The topological polar surface area (TPSA) is 38.3 Å². The van der Waals surface area contributed by atoms with Gasteiger partial charge in [0.15, 0.2) is 0 Å². The van der Waals surface area contributed by atoms with Crippen molar-refractivity contribution in [2.45, 2.75) is 18.6 Å². The lowest BCUT2D eigenvalue weighted by Gasteiger charge is -2.30. The van der Waals surface area contributed by atoms with Crippen LogP contribution in [0, 0.1) is 0 Å². The number of carbonyl (C=O) groups is 1. The molecule has 1 aliphatic heterocycles. The monoisotopic (exact) mass is 297 g/mol. The van der Waals surface area contributed by atoms with Crippen molar-refractivity contribution in [2.24, 2.45) is 0 Å². The van der Waals surface area contributed by atoms with Crippen LogP contribution in [-0.4, -0.2) is 26.8 Å². The van der Waals surface area contributed by atoms with Crippen LogP contribution in [0.5, 0.6) is 0 Å². The van der Waals surface area contributed by atoms with Crippen molar-refractivity contribution in [1.82, 2.24) is 5.32 Å². The molecule has 108 valence electrons. The van der Waals surface area contributed by atoms with E-state index in [0.717, 1.165) is 6.04 Å². The highest BCUT2D eigenvalue weighted by Gasteiger charge is 2.37. The minimum Gasteiger partial charge on any atom is -0.447 e. The predicted molar refractivity (Wildman–Crippen MR) is 86.8 cm³/mol. The number of hydrogen-bond donors (Lipinski definition) is 1. The molecule has 0 radical (unpaired) electrons. The predicted octanol–water partition coefficient (Wildman–Crippen LogP) is 1.99. The quantitative estimate of drug-likeness (QED) is 0.877. The highest BCUT2D eigenvalue weighted by atomic mass is 28.3. The normalized spacial score (nSPS) is 18.1. The van der Waals surface area contributed by atoms with E-state index in [1.807, 2.05) is 12.1 Å². The lowest BCUT2D eigenvalue weighted by Crippen LogP contribution is -2.58. The van der Waals surface area contributed by atoms with Gasteiger partial charge in [0.25, 0.3) is 0 Å². The second kappa shape index (κ2) is 5.74. The summed E-state index contributed by atoms with van der Waals surface area (Å²) in [5.74, 6) is 0. The Morgan fingerprint density at radius 3 is 2.00 bits per heavy atom. The van der Waals surface area contributed by atoms with Crippen LogP contribution in [0.25, 0.3) is 0 Å². The van der Waals surface area contributed by atoms with Gasteiger partial charge < -0.3 is 10.1 Å². The van der Waals surface area contributed by atoms with E-state index in [-0.39, 0.29) is 12.1 Å². The maximum Gasteiger partial charge on any atom is 0.407 e. The average Bonchev–Trinajstić information content (AvgIpc) is 2.94. The van der Waals surface area contributed by atoms with Crippen LogP contribution in [0.2, 0.25) is 12.6 Å². The number of amides is 1. The van der Waals surface area contributed by atoms with Crippen LogP contribution in [0.4, 0.5) is 4.79 Å². The van der Waals surface area contributed by atoms with Crippen molar-refractivity contribution < 1.29 is 9.53 Å². The first-order chi connectivity index (χ1) is 10.2. The Morgan fingerprint density at radius 2 is 1.57 bits per heavy atom. The number of cyclic esters (lactones) is 1. The zero-order valence-electron chi connectivity index (χ0n) is 12.1. The van der Waals surface area contributed by atoms with Crippen LogP contribution < -0.4 is 15.7 Å². The second-order valence-corrected chi connectivity index (χ2v) is 9.94. The number of alkyl carbamates (subject to hydrolysis) is 1.